The van der Waals surface area contributed by atoms with E-state index in [4.69, 9.17) is 0 Å². The number of rotatable bonds is 7. The summed E-state index contributed by atoms with van der Waals surface area (Å²) < 4.78 is 1.71. The second-order valence-corrected chi connectivity index (χ2v) is 6.72. The van der Waals surface area contributed by atoms with Crippen LogP contribution in [0.25, 0.3) is 5.69 Å². The molecule has 3 rings (SSSR count). The normalized spacial score (nSPS) is 18.0. The lowest BCUT2D eigenvalue weighted by molar-refractivity contribution is -0.121. The number of carbonyl (C=O) groups is 1. The van der Waals surface area contributed by atoms with Crippen LogP contribution >= 0.6 is 0 Å². The fourth-order valence-corrected chi connectivity index (χ4v) is 3.13. The Bertz CT molecular complexity index is 669. The molecule has 2 heterocycles. The topological polar surface area (TPSA) is 66.3 Å². The van der Waals surface area contributed by atoms with Gasteiger partial charge < -0.3 is 15.1 Å². The average Bonchev–Trinajstić information content (AvgIpc) is 3.30. The van der Waals surface area contributed by atoms with Crippen molar-refractivity contribution in [3.63, 3.8) is 0 Å². The Balaban J connectivity index is 1.40. The minimum absolute atomic E-state index is 0.0959. The second kappa shape index (κ2) is 8.22. The number of amides is 1. The van der Waals surface area contributed by atoms with Crippen LogP contribution in [-0.2, 0) is 11.3 Å². The van der Waals surface area contributed by atoms with E-state index in [9.17, 15) is 4.79 Å². The Labute approximate surface area is 148 Å². The van der Waals surface area contributed by atoms with E-state index in [2.05, 4.69) is 39.3 Å². The van der Waals surface area contributed by atoms with Crippen molar-refractivity contribution in [3.05, 3.63) is 42.5 Å². The first-order chi connectivity index (χ1) is 12.1. The van der Waals surface area contributed by atoms with Crippen molar-refractivity contribution in [2.24, 2.45) is 0 Å². The van der Waals surface area contributed by atoms with Gasteiger partial charge in [-0.2, -0.15) is 5.10 Å². The molecule has 25 heavy (non-hydrogen) atoms. The number of hydrogen-bond donors (Lipinski definition) is 1. The highest BCUT2D eigenvalue weighted by molar-refractivity contribution is 5.76. The van der Waals surface area contributed by atoms with Crippen molar-refractivity contribution < 1.29 is 4.79 Å². The molecule has 1 aromatic heterocycles. The molecule has 0 aliphatic carbocycles. The summed E-state index contributed by atoms with van der Waals surface area (Å²) >= 11 is 0. The molecule has 7 heteroatoms. The Morgan fingerprint density at radius 2 is 2.16 bits per heavy atom. The van der Waals surface area contributed by atoms with Crippen molar-refractivity contribution in [3.8, 4) is 5.69 Å². The van der Waals surface area contributed by atoms with Crippen LogP contribution in [0.1, 0.15) is 18.4 Å². The predicted octanol–water partition coefficient (Wildman–Crippen LogP) is 0.910. The maximum Gasteiger partial charge on any atom is 0.221 e. The molecule has 1 unspecified atom stereocenters. The summed E-state index contributed by atoms with van der Waals surface area (Å²) in [5.41, 5.74) is 2.03. The highest BCUT2D eigenvalue weighted by Crippen LogP contribution is 2.12. The van der Waals surface area contributed by atoms with Gasteiger partial charge in [0.1, 0.15) is 12.7 Å². The fraction of sp³-hybridized carbons (Fsp3) is 0.500. The molecule has 1 amide bonds. The van der Waals surface area contributed by atoms with E-state index < -0.39 is 0 Å². The van der Waals surface area contributed by atoms with Gasteiger partial charge in [0.05, 0.1) is 5.69 Å². The molecule has 1 N–H and O–H groups in total. The summed E-state index contributed by atoms with van der Waals surface area (Å²) in [4.78, 5) is 20.7. The summed E-state index contributed by atoms with van der Waals surface area (Å²) in [6.07, 6.45) is 4.89. The second-order valence-electron chi connectivity index (χ2n) is 6.72. The molecule has 0 spiro atoms. The quantitative estimate of drug-likeness (QED) is 0.810. The Hall–Kier alpha value is -2.25. The number of benzene rings is 1. The third-order valence-corrected chi connectivity index (χ3v) is 4.79. The summed E-state index contributed by atoms with van der Waals surface area (Å²) in [7, 11) is 4.26. The van der Waals surface area contributed by atoms with Crippen LogP contribution < -0.4 is 5.32 Å². The van der Waals surface area contributed by atoms with E-state index in [1.165, 1.54) is 12.7 Å². The number of nitrogens with zero attached hydrogens (tertiary/aromatic N) is 5. The number of nitrogens with one attached hydrogen (secondary N) is 1. The van der Waals surface area contributed by atoms with Gasteiger partial charge in [-0.25, -0.2) is 9.67 Å². The van der Waals surface area contributed by atoms with E-state index in [1.54, 1.807) is 11.0 Å². The summed E-state index contributed by atoms with van der Waals surface area (Å²) in [6, 6.07) is 8.51. The Kier molecular flexibility index (Phi) is 5.78. The first kappa shape index (κ1) is 17.6. The largest absolute Gasteiger partial charge is 0.352 e. The van der Waals surface area contributed by atoms with Gasteiger partial charge in [-0.05, 0) is 44.8 Å². The lowest BCUT2D eigenvalue weighted by Crippen LogP contribution is -2.36. The van der Waals surface area contributed by atoms with Crippen molar-refractivity contribution in [1.29, 1.82) is 0 Å². The predicted molar refractivity (Wildman–Crippen MR) is 96.4 cm³/mol. The molecule has 7 nitrogen and oxygen atoms in total. The standard InChI is InChI=1S/C18H26N6O/c1-22-9-7-17(12-22)23(2)10-8-18(25)20-11-15-3-5-16(6-4-15)24-14-19-13-21-24/h3-6,13-14,17H,7-12H2,1-2H3,(H,20,25). The molecule has 0 saturated carbocycles. The highest BCUT2D eigenvalue weighted by atomic mass is 16.1. The van der Waals surface area contributed by atoms with Gasteiger partial charge in [0, 0.05) is 32.1 Å². The van der Waals surface area contributed by atoms with Gasteiger partial charge in [-0.3, -0.25) is 4.79 Å². The molecule has 2 aromatic rings. The zero-order valence-corrected chi connectivity index (χ0v) is 14.9. The molecule has 1 aromatic carbocycles. The van der Waals surface area contributed by atoms with Crippen LogP contribution in [0.2, 0.25) is 0 Å². The van der Waals surface area contributed by atoms with Gasteiger partial charge in [-0.15, -0.1) is 0 Å². The number of likely N-dealkylation sites (tertiary alicyclic amines) is 1. The Morgan fingerprint density at radius 1 is 1.36 bits per heavy atom. The van der Waals surface area contributed by atoms with Gasteiger partial charge >= 0.3 is 0 Å². The maximum absolute atomic E-state index is 12.1. The van der Waals surface area contributed by atoms with Gasteiger partial charge in [0.2, 0.25) is 5.91 Å². The van der Waals surface area contributed by atoms with Crippen LogP contribution in [-0.4, -0.2) is 70.2 Å². The lowest BCUT2D eigenvalue weighted by atomic mass is 10.2. The monoisotopic (exact) mass is 342 g/mol. The van der Waals surface area contributed by atoms with Gasteiger partial charge in [-0.1, -0.05) is 12.1 Å². The molecular formula is C18H26N6O. The fourth-order valence-electron chi connectivity index (χ4n) is 3.13. The number of carbonyl (C=O) groups excluding carboxylic acids is 1. The van der Waals surface area contributed by atoms with E-state index in [0.29, 0.717) is 19.0 Å². The highest BCUT2D eigenvalue weighted by Gasteiger charge is 2.23. The van der Waals surface area contributed by atoms with Crippen molar-refractivity contribution in [2.45, 2.75) is 25.4 Å². The van der Waals surface area contributed by atoms with E-state index in [1.807, 2.05) is 24.3 Å². The zero-order chi connectivity index (χ0) is 17.6. The molecule has 1 fully saturated rings. The molecular weight excluding hydrogens is 316 g/mol. The average molecular weight is 342 g/mol. The van der Waals surface area contributed by atoms with Gasteiger partial charge in [0.25, 0.3) is 0 Å². The third kappa shape index (κ3) is 4.87. The summed E-state index contributed by atoms with van der Waals surface area (Å²) in [5, 5.41) is 7.09. The van der Waals surface area contributed by atoms with E-state index in [0.717, 1.165) is 30.9 Å². The molecule has 1 saturated heterocycles. The number of likely N-dealkylation sites (N-methyl/N-ethyl adjacent to an activating group) is 2. The first-order valence-electron chi connectivity index (χ1n) is 8.71. The van der Waals surface area contributed by atoms with Crippen LogP contribution in [0, 0.1) is 0 Å². The van der Waals surface area contributed by atoms with Crippen LogP contribution in [0.4, 0.5) is 0 Å². The van der Waals surface area contributed by atoms with Crippen molar-refractivity contribution in [1.82, 2.24) is 29.9 Å². The van der Waals surface area contributed by atoms with Crippen molar-refractivity contribution >= 4 is 5.91 Å². The smallest absolute Gasteiger partial charge is 0.221 e. The molecule has 1 aliphatic heterocycles. The molecule has 1 atom stereocenters. The Morgan fingerprint density at radius 3 is 2.80 bits per heavy atom. The molecule has 0 radical (unpaired) electrons. The van der Waals surface area contributed by atoms with Crippen LogP contribution in [0.5, 0.6) is 0 Å². The van der Waals surface area contributed by atoms with Gasteiger partial charge in [0.15, 0.2) is 0 Å². The number of aromatic nitrogens is 3. The lowest BCUT2D eigenvalue weighted by Gasteiger charge is -2.23. The summed E-state index contributed by atoms with van der Waals surface area (Å²) in [6.45, 7) is 3.59. The van der Waals surface area contributed by atoms with Crippen molar-refractivity contribution in [2.75, 3.05) is 33.7 Å². The molecule has 134 valence electrons. The first-order valence-corrected chi connectivity index (χ1v) is 8.71. The third-order valence-electron chi connectivity index (χ3n) is 4.79. The SMILES string of the molecule is CN1CCC(N(C)CCC(=O)NCc2ccc(-n3cncn3)cc2)C1. The summed E-state index contributed by atoms with van der Waals surface area (Å²) in [5.74, 6) is 0.0959. The maximum atomic E-state index is 12.1. The van der Waals surface area contributed by atoms with E-state index in [-0.39, 0.29) is 5.91 Å². The van der Waals surface area contributed by atoms with Crippen LogP contribution in [0.3, 0.4) is 0 Å². The number of hydrogen-bond acceptors (Lipinski definition) is 5. The molecule has 0 bridgehead atoms. The minimum Gasteiger partial charge on any atom is -0.352 e. The molecule has 1 aliphatic rings. The van der Waals surface area contributed by atoms with Crippen LogP contribution in [0.15, 0.2) is 36.9 Å². The minimum atomic E-state index is 0.0959. The zero-order valence-electron chi connectivity index (χ0n) is 14.9. The van der Waals surface area contributed by atoms with E-state index >= 15 is 0 Å².